The summed E-state index contributed by atoms with van der Waals surface area (Å²) < 4.78 is 34.3. The fraction of sp³-hybridized carbons (Fsp3) is 0.0714. The molecule has 0 atom stereocenters. The van der Waals surface area contributed by atoms with Crippen LogP contribution in [-0.2, 0) is 10.0 Å². The highest BCUT2D eigenvalue weighted by Crippen LogP contribution is 2.31. The molecule has 1 N–H and O–H groups in total. The van der Waals surface area contributed by atoms with Crippen LogP contribution < -0.4 is 9.46 Å². The van der Waals surface area contributed by atoms with Crippen molar-refractivity contribution < 1.29 is 13.2 Å². The van der Waals surface area contributed by atoms with Gasteiger partial charge in [-0.15, -0.1) is 0 Å². The Morgan fingerprint density at radius 1 is 1.23 bits per heavy atom. The van der Waals surface area contributed by atoms with Crippen molar-refractivity contribution in [3.05, 3.63) is 46.9 Å². The lowest BCUT2D eigenvalue weighted by Gasteiger charge is -2.10. The zero-order chi connectivity index (χ0) is 15.7. The van der Waals surface area contributed by atoms with Crippen LogP contribution in [0.2, 0.25) is 0 Å². The van der Waals surface area contributed by atoms with Crippen molar-refractivity contribution in [2.45, 2.75) is 4.90 Å². The molecule has 2 aromatic carbocycles. The predicted molar refractivity (Wildman–Crippen MR) is 91.1 cm³/mol. The van der Waals surface area contributed by atoms with E-state index >= 15 is 0 Å². The van der Waals surface area contributed by atoms with Crippen LogP contribution in [0.15, 0.2) is 51.8 Å². The number of hydrogen-bond acceptors (Lipinski definition) is 5. The van der Waals surface area contributed by atoms with E-state index < -0.39 is 10.0 Å². The Bertz CT molecular complexity index is 905. The predicted octanol–water partition coefficient (Wildman–Crippen LogP) is 3.87. The van der Waals surface area contributed by atoms with Gasteiger partial charge < -0.3 is 4.74 Å². The number of fused-ring (bicyclic) bond motifs is 1. The number of benzene rings is 2. The van der Waals surface area contributed by atoms with Gasteiger partial charge in [-0.05, 0) is 30.3 Å². The molecule has 0 radical (unpaired) electrons. The van der Waals surface area contributed by atoms with Crippen LogP contribution in [0.5, 0.6) is 5.75 Å². The lowest BCUT2D eigenvalue weighted by molar-refractivity contribution is 0.403. The van der Waals surface area contributed by atoms with Gasteiger partial charge in [0.05, 0.1) is 17.3 Å². The van der Waals surface area contributed by atoms with Crippen LogP contribution in [-0.4, -0.2) is 20.5 Å². The molecule has 0 spiro atoms. The second-order valence-corrected chi connectivity index (χ2v) is 7.98. The smallest absolute Gasteiger partial charge is 0.267 e. The standard InChI is InChI=1S/C14H11BrN2O3S2/c1-20-11-7-6-9(15)8-13(11)22(18,19)17-14-16-10-4-2-3-5-12(10)21-14/h2-8H,1H3,(H,16,17). The van der Waals surface area contributed by atoms with Crippen molar-refractivity contribution in [2.75, 3.05) is 11.8 Å². The van der Waals surface area contributed by atoms with Crippen LogP contribution in [0.1, 0.15) is 0 Å². The summed E-state index contributed by atoms with van der Waals surface area (Å²) in [6.45, 7) is 0. The highest BCUT2D eigenvalue weighted by atomic mass is 79.9. The van der Waals surface area contributed by atoms with E-state index in [2.05, 4.69) is 25.6 Å². The number of rotatable bonds is 4. The summed E-state index contributed by atoms with van der Waals surface area (Å²) >= 11 is 4.55. The number of nitrogens with zero attached hydrogens (tertiary/aromatic N) is 1. The number of sulfonamides is 1. The van der Waals surface area contributed by atoms with E-state index in [1.807, 2.05) is 24.3 Å². The Morgan fingerprint density at radius 3 is 2.73 bits per heavy atom. The van der Waals surface area contributed by atoms with Crippen molar-refractivity contribution in [1.82, 2.24) is 4.98 Å². The summed E-state index contributed by atoms with van der Waals surface area (Å²) in [4.78, 5) is 4.34. The molecule has 3 aromatic rings. The van der Waals surface area contributed by atoms with Gasteiger partial charge in [0.25, 0.3) is 10.0 Å². The monoisotopic (exact) mass is 398 g/mol. The minimum atomic E-state index is -3.78. The van der Waals surface area contributed by atoms with Crippen molar-refractivity contribution in [2.24, 2.45) is 0 Å². The van der Waals surface area contributed by atoms with Crippen molar-refractivity contribution >= 4 is 52.6 Å². The number of para-hydroxylation sites is 1. The Hall–Kier alpha value is -1.64. The molecule has 3 rings (SSSR count). The molecule has 22 heavy (non-hydrogen) atoms. The molecule has 0 saturated carbocycles. The molecule has 0 unspecified atom stereocenters. The van der Waals surface area contributed by atoms with E-state index in [0.29, 0.717) is 9.60 Å². The Labute approximate surface area is 140 Å². The van der Waals surface area contributed by atoms with E-state index in [1.165, 1.54) is 24.5 Å². The van der Waals surface area contributed by atoms with Gasteiger partial charge in [-0.1, -0.05) is 39.4 Å². The van der Waals surface area contributed by atoms with E-state index in [1.54, 1.807) is 12.1 Å². The number of thiazole rings is 1. The molecule has 0 aliphatic carbocycles. The van der Waals surface area contributed by atoms with E-state index in [4.69, 9.17) is 4.74 Å². The third-order valence-corrected chi connectivity index (χ3v) is 5.87. The first kappa shape index (κ1) is 15.3. The second kappa shape index (κ2) is 5.86. The van der Waals surface area contributed by atoms with Crippen LogP contribution >= 0.6 is 27.3 Å². The average Bonchev–Trinajstić information content (AvgIpc) is 2.88. The molecule has 8 heteroatoms. The molecule has 0 amide bonds. The van der Waals surface area contributed by atoms with Crippen LogP contribution in [0, 0.1) is 0 Å². The zero-order valence-electron chi connectivity index (χ0n) is 11.4. The topological polar surface area (TPSA) is 68.3 Å². The van der Waals surface area contributed by atoms with Crippen LogP contribution in [0.4, 0.5) is 5.13 Å². The molecule has 0 aliphatic heterocycles. The largest absolute Gasteiger partial charge is 0.495 e. The van der Waals surface area contributed by atoms with Crippen LogP contribution in [0.3, 0.4) is 0 Å². The van der Waals surface area contributed by atoms with Gasteiger partial charge in [-0.3, -0.25) is 4.72 Å². The maximum absolute atomic E-state index is 12.6. The normalized spacial score (nSPS) is 11.5. The van der Waals surface area contributed by atoms with E-state index in [9.17, 15) is 8.42 Å². The SMILES string of the molecule is COc1ccc(Br)cc1S(=O)(=O)Nc1nc2ccccc2s1. The van der Waals surface area contributed by atoms with E-state index in [-0.39, 0.29) is 10.6 Å². The average molecular weight is 399 g/mol. The summed E-state index contributed by atoms with van der Waals surface area (Å²) in [5.74, 6) is 0.275. The molecule has 0 bridgehead atoms. The van der Waals surface area contributed by atoms with Gasteiger partial charge in [-0.2, -0.15) is 0 Å². The number of hydrogen-bond donors (Lipinski definition) is 1. The summed E-state index contributed by atoms with van der Waals surface area (Å²) in [6.07, 6.45) is 0. The fourth-order valence-corrected chi connectivity index (χ4v) is 4.76. The number of anilines is 1. The first-order valence-electron chi connectivity index (χ1n) is 6.21. The highest BCUT2D eigenvalue weighted by Gasteiger charge is 2.21. The summed E-state index contributed by atoms with van der Waals surface area (Å²) in [5.41, 5.74) is 0.756. The van der Waals surface area contributed by atoms with Gasteiger partial charge in [0.2, 0.25) is 0 Å². The van der Waals surface area contributed by atoms with Crippen molar-refractivity contribution in [3.8, 4) is 5.75 Å². The Morgan fingerprint density at radius 2 is 2.00 bits per heavy atom. The first-order chi connectivity index (χ1) is 10.5. The van der Waals surface area contributed by atoms with Crippen LogP contribution in [0.25, 0.3) is 10.2 Å². The molecular formula is C14H11BrN2O3S2. The Kier molecular flexibility index (Phi) is 4.07. The molecule has 0 saturated heterocycles. The minimum absolute atomic E-state index is 0.0589. The zero-order valence-corrected chi connectivity index (χ0v) is 14.6. The molecule has 5 nitrogen and oxygen atoms in total. The molecule has 0 aliphatic rings. The van der Waals surface area contributed by atoms with Crippen molar-refractivity contribution in [1.29, 1.82) is 0 Å². The quantitative estimate of drug-likeness (QED) is 0.723. The van der Waals surface area contributed by atoms with Gasteiger partial charge in [-0.25, -0.2) is 13.4 Å². The number of methoxy groups -OCH3 is 1. The molecule has 0 fully saturated rings. The first-order valence-corrected chi connectivity index (χ1v) is 9.31. The second-order valence-electron chi connectivity index (χ2n) is 4.39. The number of halogens is 1. The Balaban J connectivity index is 2.01. The molecule has 1 aromatic heterocycles. The highest BCUT2D eigenvalue weighted by molar-refractivity contribution is 9.10. The maximum Gasteiger partial charge on any atom is 0.267 e. The lowest BCUT2D eigenvalue weighted by atomic mass is 10.3. The van der Waals surface area contributed by atoms with Gasteiger partial charge in [0.15, 0.2) is 5.13 Å². The molecular weight excluding hydrogens is 388 g/mol. The minimum Gasteiger partial charge on any atom is -0.495 e. The third kappa shape index (κ3) is 2.94. The lowest BCUT2D eigenvalue weighted by Crippen LogP contribution is -2.14. The van der Waals surface area contributed by atoms with Gasteiger partial charge in [0.1, 0.15) is 10.6 Å². The van der Waals surface area contributed by atoms with Gasteiger partial charge >= 0.3 is 0 Å². The molecule has 1 heterocycles. The fourth-order valence-electron chi connectivity index (χ4n) is 1.95. The molecule has 114 valence electrons. The number of nitrogens with one attached hydrogen (secondary N) is 1. The summed E-state index contributed by atoms with van der Waals surface area (Å²) in [7, 11) is -2.35. The summed E-state index contributed by atoms with van der Waals surface area (Å²) in [6, 6.07) is 12.3. The number of aromatic nitrogens is 1. The number of ether oxygens (including phenoxy) is 1. The van der Waals surface area contributed by atoms with E-state index in [0.717, 1.165) is 10.2 Å². The third-order valence-electron chi connectivity index (χ3n) is 2.93. The van der Waals surface area contributed by atoms with Crippen molar-refractivity contribution in [3.63, 3.8) is 0 Å². The maximum atomic E-state index is 12.6. The summed E-state index contributed by atoms with van der Waals surface area (Å²) in [5, 5.41) is 0.322. The van der Waals surface area contributed by atoms with Gasteiger partial charge in [0, 0.05) is 4.47 Å².